The lowest BCUT2D eigenvalue weighted by Crippen LogP contribution is -2.52. The molecule has 12 heteroatoms. The van der Waals surface area contributed by atoms with Crippen LogP contribution in [-0.2, 0) is 16.1 Å². The summed E-state index contributed by atoms with van der Waals surface area (Å²) < 4.78 is 1.43. The van der Waals surface area contributed by atoms with Gasteiger partial charge in [-0.1, -0.05) is 11.3 Å². The maximum atomic E-state index is 13.1. The van der Waals surface area contributed by atoms with Crippen molar-refractivity contribution in [2.45, 2.75) is 25.4 Å². The summed E-state index contributed by atoms with van der Waals surface area (Å²) >= 11 is 0. The number of aromatic nitrogens is 5. The second-order valence-electron chi connectivity index (χ2n) is 8.76. The van der Waals surface area contributed by atoms with Crippen LogP contribution in [0.4, 0.5) is 5.69 Å². The maximum absolute atomic E-state index is 13.1. The fourth-order valence-corrected chi connectivity index (χ4v) is 4.59. The molecular formula is C24H20N8O4. The van der Waals surface area contributed by atoms with E-state index in [0.717, 1.165) is 16.6 Å². The second kappa shape index (κ2) is 8.12. The molecule has 0 saturated carbocycles. The number of hydrogen-bond acceptors (Lipinski definition) is 7. The number of carbonyl (C=O) groups is 4. The molecule has 1 atom stereocenters. The first-order valence-corrected chi connectivity index (χ1v) is 11.3. The number of benzene rings is 2. The summed E-state index contributed by atoms with van der Waals surface area (Å²) in [4.78, 5) is 60.0. The Morgan fingerprint density at radius 2 is 2.00 bits per heavy atom. The summed E-state index contributed by atoms with van der Waals surface area (Å²) in [7, 11) is 1.65. The lowest BCUT2D eigenvalue weighted by Gasteiger charge is -2.29. The zero-order valence-corrected chi connectivity index (χ0v) is 19.1. The van der Waals surface area contributed by atoms with Crippen molar-refractivity contribution in [3.8, 4) is 5.69 Å². The monoisotopic (exact) mass is 484 g/mol. The third-order valence-electron chi connectivity index (χ3n) is 6.58. The summed E-state index contributed by atoms with van der Waals surface area (Å²) in [5, 5.41) is 10.4. The minimum Gasteiger partial charge on any atom is -0.345 e. The Balaban J connectivity index is 1.22. The van der Waals surface area contributed by atoms with E-state index in [1.54, 1.807) is 37.6 Å². The van der Waals surface area contributed by atoms with E-state index < -0.39 is 11.9 Å². The van der Waals surface area contributed by atoms with Crippen LogP contribution in [0, 0.1) is 0 Å². The molecule has 0 aliphatic carbocycles. The number of rotatable bonds is 4. The van der Waals surface area contributed by atoms with Crippen molar-refractivity contribution in [1.82, 2.24) is 35.2 Å². The lowest BCUT2D eigenvalue weighted by atomic mass is 10.0. The molecule has 4 amide bonds. The number of amides is 4. The van der Waals surface area contributed by atoms with Gasteiger partial charge in [0.25, 0.3) is 11.8 Å². The van der Waals surface area contributed by atoms with E-state index in [4.69, 9.17) is 0 Å². The molecule has 2 aliphatic rings. The van der Waals surface area contributed by atoms with Gasteiger partial charge in [0.1, 0.15) is 6.04 Å². The van der Waals surface area contributed by atoms with Gasteiger partial charge in [-0.25, -0.2) is 9.67 Å². The quantitative estimate of drug-likeness (QED) is 0.414. The first-order valence-electron chi connectivity index (χ1n) is 11.3. The highest BCUT2D eigenvalue weighted by atomic mass is 16.2. The molecule has 6 rings (SSSR count). The zero-order chi connectivity index (χ0) is 25.0. The number of imide groups is 1. The number of nitrogens with one attached hydrogen (secondary N) is 2. The SMILES string of the molecule is CN(C(=O)c1cn(-c2ccc3c(c2)C(=O)N(C2CCC(=O)NC2=O)C3)nn1)c1ccc2nc[nH]c2c1. The van der Waals surface area contributed by atoms with Crippen LogP contribution in [0.3, 0.4) is 0 Å². The summed E-state index contributed by atoms with van der Waals surface area (Å²) in [6, 6.07) is 10.0. The van der Waals surface area contributed by atoms with E-state index in [2.05, 4.69) is 25.6 Å². The molecule has 0 bridgehead atoms. The van der Waals surface area contributed by atoms with Gasteiger partial charge in [0.05, 0.1) is 29.2 Å². The van der Waals surface area contributed by atoms with Gasteiger partial charge in [-0.2, -0.15) is 0 Å². The van der Waals surface area contributed by atoms with Crippen molar-refractivity contribution in [1.29, 1.82) is 0 Å². The molecule has 1 fully saturated rings. The van der Waals surface area contributed by atoms with Crippen LogP contribution in [0.15, 0.2) is 48.9 Å². The molecule has 1 unspecified atom stereocenters. The van der Waals surface area contributed by atoms with Crippen LogP contribution in [0.1, 0.15) is 39.3 Å². The molecule has 4 aromatic rings. The fraction of sp³-hybridized carbons (Fsp3) is 0.208. The summed E-state index contributed by atoms with van der Waals surface area (Å²) in [5.74, 6) is -1.41. The van der Waals surface area contributed by atoms with Crippen molar-refractivity contribution in [2.24, 2.45) is 0 Å². The third-order valence-corrected chi connectivity index (χ3v) is 6.58. The highest BCUT2D eigenvalue weighted by Gasteiger charge is 2.39. The number of piperidine rings is 1. The van der Waals surface area contributed by atoms with Crippen LogP contribution in [-0.4, -0.2) is 66.6 Å². The van der Waals surface area contributed by atoms with E-state index in [0.29, 0.717) is 23.4 Å². The highest BCUT2D eigenvalue weighted by molar-refractivity contribution is 6.06. The van der Waals surface area contributed by atoms with Crippen LogP contribution in [0.2, 0.25) is 0 Å². The van der Waals surface area contributed by atoms with E-state index in [-0.39, 0.29) is 36.4 Å². The van der Waals surface area contributed by atoms with Gasteiger partial charge in [-0.3, -0.25) is 24.5 Å². The molecule has 1 saturated heterocycles. The molecule has 0 spiro atoms. The average Bonchev–Trinajstić information content (AvgIpc) is 3.62. The lowest BCUT2D eigenvalue weighted by molar-refractivity contribution is -0.136. The van der Waals surface area contributed by atoms with E-state index in [9.17, 15) is 19.2 Å². The number of nitrogens with zero attached hydrogens (tertiary/aromatic N) is 6. The Bertz CT molecular complexity index is 1570. The number of imidazole rings is 1. The van der Waals surface area contributed by atoms with Crippen molar-refractivity contribution in [3.63, 3.8) is 0 Å². The third kappa shape index (κ3) is 3.50. The normalized spacial score (nSPS) is 17.4. The maximum Gasteiger partial charge on any atom is 0.280 e. The largest absolute Gasteiger partial charge is 0.345 e. The van der Waals surface area contributed by atoms with Crippen molar-refractivity contribution in [2.75, 3.05) is 11.9 Å². The molecule has 0 radical (unpaired) electrons. The van der Waals surface area contributed by atoms with Gasteiger partial charge in [-0.15, -0.1) is 5.10 Å². The number of hydrogen-bond donors (Lipinski definition) is 2. The fourth-order valence-electron chi connectivity index (χ4n) is 4.59. The van der Waals surface area contributed by atoms with Crippen LogP contribution >= 0.6 is 0 Å². The molecule has 4 heterocycles. The smallest absolute Gasteiger partial charge is 0.280 e. The summed E-state index contributed by atoms with van der Waals surface area (Å²) in [6.45, 7) is 0.285. The Kier molecular flexibility index (Phi) is 4.88. The minimum absolute atomic E-state index is 0.138. The van der Waals surface area contributed by atoms with Crippen molar-refractivity contribution >= 4 is 40.3 Å². The Labute approximate surface area is 203 Å². The van der Waals surface area contributed by atoms with Gasteiger partial charge in [0.15, 0.2) is 5.69 Å². The predicted molar refractivity (Wildman–Crippen MR) is 126 cm³/mol. The first-order chi connectivity index (χ1) is 17.4. The Hall–Kier alpha value is -4.87. The Morgan fingerprint density at radius 3 is 2.83 bits per heavy atom. The van der Waals surface area contributed by atoms with Gasteiger partial charge < -0.3 is 14.8 Å². The van der Waals surface area contributed by atoms with Gasteiger partial charge in [0.2, 0.25) is 11.8 Å². The zero-order valence-electron chi connectivity index (χ0n) is 19.1. The number of H-pyrrole nitrogens is 1. The van der Waals surface area contributed by atoms with Gasteiger partial charge in [-0.05, 0) is 42.3 Å². The van der Waals surface area contributed by atoms with Gasteiger partial charge >= 0.3 is 0 Å². The molecule has 2 N–H and O–H groups in total. The Morgan fingerprint density at radius 1 is 1.14 bits per heavy atom. The molecule has 2 aromatic heterocycles. The average molecular weight is 484 g/mol. The number of anilines is 1. The van der Waals surface area contributed by atoms with Crippen LogP contribution in [0.25, 0.3) is 16.7 Å². The predicted octanol–water partition coefficient (Wildman–Crippen LogP) is 1.18. The number of aromatic amines is 1. The standard InChI is InChI=1S/C24H20N8O4/c1-30(14-4-5-17-18(9-14)26-12-25-17)24(36)19-11-32(29-28-19)15-3-2-13-10-31(23(35)16(13)8-15)20-6-7-21(33)27-22(20)34/h2-5,8-9,11-12,20H,6-7,10H2,1H3,(H,25,26)(H,27,33,34). The molecule has 2 aliphatic heterocycles. The van der Waals surface area contributed by atoms with Crippen LogP contribution in [0.5, 0.6) is 0 Å². The van der Waals surface area contributed by atoms with Crippen molar-refractivity contribution < 1.29 is 19.2 Å². The number of carbonyl (C=O) groups excluding carboxylic acids is 4. The number of fused-ring (bicyclic) bond motifs is 2. The summed E-state index contributed by atoms with van der Waals surface area (Å²) in [5.41, 5.74) is 4.20. The van der Waals surface area contributed by atoms with E-state index in [1.165, 1.54) is 20.7 Å². The first kappa shape index (κ1) is 21.6. The van der Waals surface area contributed by atoms with Crippen molar-refractivity contribution in [3.05, 3.63) is 65.7 Å². The summed E-state index contributed by atoms with van der Waals surface area (Å²) in [6.07, 6.45) is 3.59. The minimum atomic E-state index is -0.682. The van der Waals surface area contributed by atoms with E-state index >= 15 is 0 Å². The topological polar surface area (TPSA) is 146 Å². The molecular weight excluding hydrogens is 464 g/mol. The second-order valence-corrected chi connectivity index (χ2v) is 8.76. The highest BCUT2D eigenvalue weighted by Crippen LogP contribution is 2.29. The molecule has 180 valence electrons. The molecule has 12 nitrogen and oxygen atoms in total. The molecule has 2 aromatic carbocycles. The van der Waals surface area contributed by atoms with Gasteiger partial charge in [0, 0.05) is 31.3 Å². The van der Waals surface area contributed by atoms with E-state index in [1.807, 2.05) is 12.1 Å². The molecule has 36 heavy (non-hydrogen) atoms. The van der Waals surface area contributed by atoms with Crippen LogP contribution < -0.4 is 10.2 Å².